The lowest BCUT2D eigenvalue weighted by Gasteiger charge is -2.09. The van der Waals surface area contributed by atoms with Gasteiger partial charge in [-0.1, -0.05) is 20.4 Å². The molecule has 2 aromatic rings. The molecule has 0 unspecified atom stereocenters. The summed E-state index contributed by atoms with van der Waals surface area (Å²) in [6, 6.07) is 3.19. The van der Waals surface area contributed by atoms with E-state index in [1.54, 1.807) is 13.0 Å². The van der Waals surface area contributed by atoms with Gasteiger partial charge in [0, 0.05) is 28.6 Å². The summed E-state index contributed by atoms with van der Waals surface area (Å²) in [4.78, 5) is 10.7. The van der Waals surface area contributed by atoms with Gasteiger partial charge < -0.3 is 10.1 Å². The van der Waals surface area contributed by atoms with Gasteiger partial charge in [-0.2, -0.15) is 0 Å². The van der Waals surface area contributed by atoms with Crippen LogP contribution in [0.5, 0.6) is 5.75 Å². The lowest BCUT2D eigenvalue weighted by atomic mass is 10.2. The van der Waals surface area contributed by atoms with E-state index in [0.717, 1.165) is 11.5 Å². The normalized spacial score (nSPS) is 10.4. The molecule has 0 radical (unpaired) electrons. The van der Waals surface area contributed by atoms with Crippen molar-refractivity contribution >= 4 is 38.2 Å². The topological polar surface area (TPSA) is 90.2 Å². The molecule has 1 N–H and O–H groups in total. The van der Waals surface area contributed by atoms with Gasteiger partial charge in [0.2, 0.25) is 5.75 Å². The molecule has 0 saturated carbocycles. The van der Waals surface area contributed by atoms with Gasteiger partial charge in [0.25, 0.3) is 0 Å². The summed E-state index contributed by atoms with van der Waals surface area (Å²) in [6.07, 6.45) is 0. The highest BCUT2D eigenvalue weighted by Gasteiger charge is 2.20. The molecule has 9 heteroatoms. The molecule has 2 rings (SSSR count). The van der Waals surface area contributed by atoms with E-state index < -0.39 is 4.92 Å². The maximum Gasteiger partial charge on any atom is 0.312 e. The molecule has 7 nitrogen and oxygen atoms in total. The molecule has 0 aliphatic rings. The fraction of sp³-hybridized carbons (Fsp3) is 0.333. The highest BCUT2D eigenvalue weighted by atomic mass is 79.9. The number of nitro benzene ring substituents is 1. The summed E-state index contributed by atoms with van der Waals surface area (Å²) in [5.41, 5.74) is 1.25. The first-order valence-corrected chi connectivity index (χ1v) is 7.72. The first-order valence-electron chi connectivity index (χ1n) is 6.15. The molecule has 1 heterocycles. The third-order valence-corrected chi connectivity index (χ3v) is 3.85. The zero-order valence-electron chi connectivity index (χ0n) is 11.4. The maximum absolute atomic E-state index is 11.1. The van der Waals surface area contributed by atoms with Crippen molar-refractivity contribution in [2.45, 2.75) is 20.5 Å². The fourth-order valence-electron chi connectivity index (χ4n) is 1.77. The minimum Gasteiger partial charge on any atom is -0.480 e. The number of anilines is 1. The van der Waals surface area contributed by atoms with Crippen LogP contribution in [-0.2, 0) is 6.61 Å². The standard InChI is InChI=1S/C12H13BrN4O3S/c1-3-14-12-9(15-16-21-12)6-20-11-7(2)4-8(13)5-10(11)17(18)19/h4-5,14H,3,6H2,1-2H3. The van der Waals surface area contributed by atoms with Crippen LogP contribution in [0.15, 0.2) is 16.6 Å². The highest BCUT2D eigenvalue weighted by Crippen LogP contribution is 2.35. The van der Waals surface area contributed by atoms with E-state index in [-0.39, 0.29) is 18.0 Å². The molecule has 0 amide bonds. The Morgan fingerprint density at radius 3 is 2.95 bits per heavy atom. The largest absolute Gasteiger partial charge is 0.480 e. The van der Waals surface area contributed by atoms with Crippen LogP contribution in [0.25, 0.3) is 0 Å². The molecule has 0 aliphatic heterocycles. The second kappa shape index (κ2) is 6.81. The predicted molar refractivity (Wildman–Crippen MR) is 83.9 cm³/mol. The van der Waals surface area contributed by atoms with Crippen molar-refractivity contribution < 1.29 is 9.66 Å². The van der Waals surface area contributed by atoms with Crippen LogP contribution in [0.4, 0.5) is 10.7 Å². The van der Waals surface area contributed by atoms with Crippen LogP contribution in [0.2, 0.25) is 0 Å². The minimum absolute atomic E-state index is 0.0740. The van der Waals surface area contributed by atoms with Gasteiger partial charge in [-0.3, -0.25) is 10.1 Å². The van der Waals surface area contributed by atoms with E-state index in [0.29, 0.717) is 15.7 Å². The number of rotatable bonds is 6. The van der Waals surface area contributed by atoms with Gasteiger partial charge in [0.1, 0.15) is 17.3 Å². The van der Waals surface area contributed by atoms with E-state index >= 15 is 0 Å². The number of nitrogens with one attached hydrogen (secondary N) is 1. The van der Waals surface area contributed by atoms with Gasteiger partial charge in [-0.15, -0.1) is 5.10 Å². The monoisotopic (exact) mass is 372 g/mol. The van der Waals surface area contributed by atoms with Gasteiger partial charge in [-0.05, 0) is 25.5 Å². The van der Waals surface area contributed by atoms with Crippen LogP contribution < -0.4 is 10.1 Å². The molecule has 0 spiro atoms. The number of benzene rings is 1. The molecular formula is C12H13BrN4O3S. The number of hydrogen-bond donors (Lipinski definition) is 1. The summed E-state index contributed by atoms with van der Waals surface area (Å²) >= 11 is 4.48. The summed E-state index contributed by atoms with van der Waals surface area (Å²) in [6.45, 7) is 4.60. The molecule has 1 aromatic carbocycles. The number of hydrogen-bond acceptors (Lipinski definition) is 7. The zero-order valence-corrected chi connectivity index (χ0v) is 13.8. The Morgan fingerprint density at radius 2 is 2.29 bits per heavy atom. The van der Waals surface area contributed by atoms with Crippen LogP contribution in [0.3, 0.4) is 0 Å². The SMILES string of the molecule is CCNc1snnc1COc1c(C)cc(Br)cc1[N+](=O)[O-]. The lowest BCUT2D eigenvalue weighted by molar-refractivity contribution is -0.386. The Balaban J connectivity index is 2.23. The second-order valence-corrected chi connectivity index (χ2v) is 5.87. The van der Waals surface area contributed by atoms with Crippen molar-refractivity contribution in [2.24, 2.45) is 0 Å². The third kappa shape index (κ3) is 3.67. The number of aromatic nitrogens is 2. The number of ether oxygens (including phenoxy) is 1. The number of aryl methyl sites for hydroxylation is 1. The number of nitro groups is 1. The number of halogens is 1. The van der Waals surface area contributed by atoms with E-state index in [1.165, 1.54) is 17.6 Å². The summed E-state index contributed by atoms with van der Waals surface area (Å²) in [5.74, 6) is 0.249. The third-order valence-electron chi connectivity index (χ3n) is 2.66. The van der Waals surface area contributed by atoms with Crippen molar-refractivity contribution in [3.8, 4) is 5.75 Å². The van der Waals surface area contributed by atoms with Gasteiger partial charge in [0.05, 0.1) is 4.92 Å². The summed E-state index contributed by atoms with van der Waals surface area (Å²) in [7, 11) is 0. The van der Waals surface area contributed by atoms with Crippen molar-refractivity contribution in [1.82, 2.24) is 9.59 Å². The van der Waals surface area contributed by atoms with Gasteiger partial charge >= 0.3 is 5.69 Å². The summed E-state index contributed by atoms with van der Waals surface area (Å²) in [5, 5.41) is 19.0. The number of nitrogens with zero attached hydrogens (tertiary/aromatic N) is 3. The Morgan fingerprint density at radius 1 is 1.52 bits per heavy atom. The molecule has 0 bridgehead atoms. The minimum atomic E-state index is -0.461. The average molecular weight is 373 g/mol. The molecule has 1 aromatic heterocycles. The average Bonchev–Trinajstić information content (AvgIpc) is 2.85. The molecule has 0 atom stereocenters. The van der Waals surface area contributed by atoms with E-state index in [2.05, 4.69) is 30.8 Å². The van der Waals surface area contributed by atoms with Crippen LogP contribution in [0, 0.1) is 17.0 Å². The van der Waals surface area contributed by atoms with Gasteiger partial charge in [0.15, 0.2) is 0 Å². The van der Waals surface area contributed by atoms with Crippen LogP contribution in [0.1, 0.15) is 18.2 Å². The quantitative estimate of drug-likeness (QED) is 0.615. The maximum atomic E-state index is 11.1. The van der Waals surface area contributed by atoms with E-state index in [1.807, 2.05) is 6.92 Å². The predicted octanol–water partition coefficient (Wildman–Crippen LogP) is 3.53. The highest BCUT2D eigenvalue weighted by molar-refractivity contribution is 9.10. The lowest BCUT2D eigenvalue weighted by Crippen LogP contribution is -2.04. The Bertz CT molecular complexity index is 662. The second-order valence-electron chi connectivity index (χ2n) is 4.20. The van der Waals surface area contributed by atoms with Gasteiger partial charge in [-0.25, -0.2) is 0 Å². The fourth-order valence-corrected chi connectivity index (χ4v) is 2.97. The van der Waals surface area contributed by atoms with Crippen molar-refractivity contribution in [3.05, 3.63) is 38.0 Å². The van der Waals surface area contributed by atoms with E-state index in [4.69, 9.17) is 4.74 Å². The molecular weight excluding hydrogens is 360 g/mol. The summed E-state index contributed by atoms with van der Waals surface area (Å²) < 4.78 is 10.1. The smallest absolute Gasteiger partial charge is 0.312 e. The molecule has 112 valence electrons. The molecule has 0 fully saturated rings. The first-order chi connectivity index (χ1) is 10.0. The molecule has 0 saturated heterocycles. The zero-order chi connectivity index (χ0) is 15.4. The Hall–Kier alpha value is -1.74. The first kappa shape index (κ1) is 15.6. The van der Waals surface area contributed by atoms with E-state index in [9.17, 15) is 10.1 Å². The van der Waals surface area contributed by atoms with Crippen molar-refractivity contribution in [1.29, 1.82) is 0 Å². The molecule has 21 heavy (non-hydrogen) atoms. The van der Waals surface area contributed by atoms with Crippen LogP contribution >= 0.6 is 27.5 Å². The van der Waals surface area contributed by atoms with Crippen molar-refractivity contribution in [2.75, 3.05) is 11.9 Å². The van der Waals surface area contributed by atoms with Crippen LogP contribution in [-0.4, -0.2) is 21.1 Å². The molecule has 0 aliphatic carbocycles. The Labute approximate surface area is 133 Å². The van der Waals surface area contributed by atoms with Crippen molar-refractivity contribution in [3.63, 3.8) is 0 Å². The Kier molecular flexibility index (Phi) is 5.07.